The fourth-order valence-electron chi connectivity index (χ4n) is 1.65. The molecule has 0 aliphatic heterocycles. The number of hydrogen-bond acceptors (Lipinski definition) is 4. The molecular formula is C16H20N2PdS2. The summed E-state index contributed by atoms with van der Waals surface area (Å²) in [6.07, 6.45) is 0. The molecule has 2 aromatic rings. The van der Waals surface area contributed by atoms with Crippen LogP contribution in [0.25, 0.3) is 0 Å². The van der Waals surface area contributed by atoms with Crippen LogP contribution in [0.15, 0.2) is 58.3 Å². The van der Waals surface area contributed by atoms with Crippen LogP contribution in [-0.2, 0) is 45.7 Å². The average molecular weight is 411 g/mol. The predicted octanol–water partition coefficient (Wildman–Crippen LogP) is 3.31. The van der Waals surface area contributed by atoms with E-state index < -0.39 is 0 Å². The molecule has 0 saturated heterocycles. The number of benzene rings is 2. The molecule has 0 spiro atoms. The van der Waals surface area contributed by atoms with Gasteiger partial charge in [-0.15, -0.1) is 0 Å². The molecule has 0 aliphatic rings. The van der Waals surface area contributed by atoms with Gasteiger partial charge in [-0.1, -0.05) is 36.4 Å². The molecule has 0 aliphatic carbocycles. The second kappa shape index (κ2) is 9.97. The van der Waals surface area contributed by atoms with Gasteiger partial charge in [-0.05, 0) is 12.1 Å². The van der Waals surface area contributed by atoms with Gasteiger partial charge in [0.05, 0.1) is 0 Å². The van der Waals surface area contributed by atoms with E-state index in [2.05, 4.69) is 0 Å². The van der Waals surface area contributed by atoms with E-state index in [9.17, 15) is 0 Å². The molecule has 2 nitrogen and oxygen atoms in total. The van der Waals surface area contributed by atoms with Gasteiger partial charge >= 0.3 is 20.4 Å². The molecule has 0 atom stereocenters. The topological polar surface area (TPSA) is 6.48 Å². The number of rotatable bonds is 2. The maximum absolute atomic E-state index is 5.09. The van der Waals surface area contributed by atoms with Crippen molar-refractivity contribution in [1.82, 2.24) is 0 Å². The molecule has 0 bridgehead atoms. The standard InChI is InChI=1S/2C8H11NS.Pd/c2*1-9(2)7-5-3-4-6-8(7)10;/h2*3-6,10H,1-2H3;/q;;+2/p-2. The van der Waals surface area contributed by atoms with E-state index in [1.165, 1.54) is 0 Å². The summed E-state index contributed by atoms with van der Waals surface area (Å²) in [5.41, 5.74) is 2.22. The van der Waals surface area contributed by atoms with E-state index >= 15 is 0 Å². The van der Waals surface area contributed by atoms with Gasteiger partial charge in [0.15, 0.2) is 0 Å². The van der Waals surface area contributed by atoms with E-state index in [-0.39, 0.29) is 20.4 Å². The van der Waals surface area contributed by atoms with E-state index in [1.54, 1.807) is 0 Å². The van der Waals surface area contributed by atoms with Crippen LogP contribution in [0, 0.1) is 0 Å². The minimum atomic E-state index is 0. The van der Waals surface area contributed by atoms with Gasteiger partial charge in [0, 0.05) is 39.6 Å². The Kier molecular flexibility index (Phi) is 9.56. The second-order valence-electron chi connectivity index (χ2n) is 4.72. The first kappa shape index (κ1) is 20.1. The number of anilines is 2. The minimum Gasteiger partial charge on any atom is -0.778 e. The van der Waals surface area contributed by atoms with Gasteiger partial charge in [0.25, 0.3) is 0 Å². The van der Waals surface area contributed by atoms with Gasteiger partial charge in [0.1, 0.15) is 0 Å². The van der Waals surface area contributed by atoms with E-state index in [0.29, 0.717) is 0 Å². The van der Waals surface area contributed by atoms with Crippen molar-refractivity contribution < 1.29 is 20.4 Å². The molecule has 2 aromatic carbocycles. The van der Waals surface area contributed by atoms with Gasteiger partial charge in [-0.25, -0.2) is 0 Å². The number of hydrogen-bond donors (Lipinski definition) is 0. The monoisotopic (exact) mass is 410 g/mol. The first-order valence-electron chi connectivity index (χ1n) is 6.30. The quantitative estimate of drug-likeness (QED) is 0.553. The smallest absolute Gasteiger partial charge is 0.778 e. The molecule has 116 valence electrons. The third-order valence-corrected chi connectivity index (χ3v) is 3.38. The zero-order valence-electron chi connectivity index (χ0n) is 12.6. The summed E-state index contributed by atoms with van der Waals surface area (Å²) in [5.74, 6) is 0. The SMILES string of the molecule is CN(C)c1ccccc1[S-].CN(C)c1ccccc1[S-].[Pd+2]. The fraction of sp³-hybridized carbons (Fsp3) is 0.250. The Labute approximate surface area is 153 Å². The Bertz CT molecular complexity index is 496. The summed E-state index contributed by atoms with van der Waals surface area (Å²) < 4.78 is 0. The van der Waals surface area contributed by atoms with Crippen molar-refractivity contribution in [1.29, 1.82) is 0 Å². The Morgan fingerprint density at radius 1 is 0.619 bits per heavy atom. The van der Waals surface area contributed by atoms with Crippen molar-refractivity contribution in [3.8, 4) is 0 Å². The van der Waals surface area contributed by atoms with Crippen LogP contribution in [0.2, 0.25) is 0 Å². The molecule has 21 heavy (non-hydrogen) atoms. The molecule has 0 unspecified atom stereocenters. The zero-order chi connectivity index (χ0) is 15.1. The molecule has 5 heteroatoms. The van der Waals surface area contributed by atoms with Crippen LogP contribution < -0.4 is 9.80 Å². The summed E-state index contributed by atoms with van der Waals surface area (Å²) in [6.45, 7) is 0. The molecule has 0 saturated carbocycles. The number of para-hydroxylation sites is 2. The Balaban J connectivity index is 0.000000364. The molecule has 0 N–H and O–H groups in total. The van der Waals surface area contributed by atoms with Gasteiger partial charge in [0.2, 0.25) is 0 Å². The molecule has 0 amide bonds. The third-order valence-electron chi connectivity index (χ3n) is 2.69. The Morgan fingerprint density at radius 3 is 1.10 bits per heavy atom. The maximum atomic E-state index is 5.09. The average Bonchev–Trinajstić information content (AvgIpc) is 2.40. The van der Waals surface area contributed by atoms with Crippen LogP contribution >= 0.6 is 0 Å². The van der Waals surface area contributed by atoms with Crippen molar-refractivity contribution in [2.75, 3.05) is 38.0 Å². The van der Waals surface area contributed by atoms with Crippen LogP contribution in [0.3, 0.4) is 0 Å². The molecule has 0 aromatic heterocycles. The summed E-state index contributed by atoms with van der Waals surface area (Å²) in [4.78, 5) is 5.85. The van der Waals surface area contributed by atoms with Crippen LogP contribution in [0.1, 0.15) is 0 Å². The van der Waals surface area contributed by atoms with Gasteiger partial charge in [-0.3, -0.25) is 0 Å². The second-order valence-corrected chi connectivity index (χ2v) is 5.60. The van der Waals surface area contributed by atoms with Crippen molar-refractivity contribution in [2.45, 2.75) is 9.79 Å². The van der Waals surface area contributed by atoms with E-state index in [1.807, 2.05) is 86.5 Å². The summed E-state index contributed by atoms with van der Waals surface area (Å²) in [7, 11) is 7.96. The van der Waals surface area contributed by atoms with E-state index in [0.717, 1.165) is 21.2 Å². The van der Waals surface area contributed by atoms with Crippen molar-refractivity contribution in [2.24, 2.45) is 0 Å². The zero-order valence-corrected chi connectivity index (χ0v) is 15.8. The molecule has 2 rings (SSSR count). The summed E-state index contributed by atoms with van der Waals surface area (Å²) in [5, 5.41) is 0. The third kappa shape index (κ3) is 6.62. The molecule has 0 heterocycles. The predicted molar refractivity (Wildman–Crippen MR) is 92.8 cm³/mol. The van der Waals surface area contributed by atoms with Crippen LogP contribution in [0.5, 0.6) is 0 Å². The summed E-state index contributed by atoms with van der Waals surface area (Å²) >= 11 is 10.2. The van der Waals surface area contributed by atoms with Gasteiger partial charge in [-0.2, -0.15) is 9.79 Å². The molecular weight excluding hydrogens is 391 g/mol. The molecule has 0 radical (unpaired) electrons. The number of nitrogens with zero attached hydrogens (tertiary/aromatic N) is 2. The first-order chi connectivity index (χ1) is 9.43. The van der Waals surface area contributed by atoms with E-state index in [4.69, 9.17) is 25.3 Å². The summed E-state index contributed by atoms with van der Waals surface area (Å²) in [6, 6.07) is 15.8. The van der Waals surface area contributed by atoms with Crippen molar-refractivity contribution in [3.05, 3.63) is 48.5 Å². The Hall–Kier alpha value is -0.858. The largest absolute Gasteiger partial charge is 2.00 e. The van der Waals surface area contributed by atoms with Crippen LogP contribution in [0.4, 0.5) is 11.4 Å². The maximum Gasteiger partial charge on any atom is 2.00 e. The van der Waals surface area contributed by atoms with Gasteiger partial charge < -0.3 is 35.1 Å². The minimum absolute atomic E-state index is 0. The van der Waals surface area contributed by atoms with Crippen molar-refractivity contribution in [3.63, 3.8) is 0 Å². The molecule has 0 fully saturated rings. The van der Waals surface area contributed by atoms with Crippen LogP contribution in [-0.4, -0.2) is 28.2 Å². The first-order valence-corrected chi connectivity index (χ1v) is 7.12. The Morgan fingerprint density at radius 2 is 0.905 bits per heavy atom. The van der Waals surface area contributed by atoms with Crippen molar-refractivity contribution >= 4 is 36.6 Å². The fourth-order valence-corrected chi connectivity index (χ4v) is 2.31. The normalized spacial score (nSPS) is 8.95.